The van der Waals surface area contributed by atoms with Crippen LogP contribution in [0.5, 0.6) is 0 Å². The van der Waals surface area contributed by atoms with E-state index in [-0.39, 0.29) is 5.82 Å². The molecule has 1 aliphatic heterocycles. The molecular weight excluding hydrogens is 453 g/mol. The van der Waals surface area contributed by atoms with Gasteiger partial charge in [0.2, 0.25) is 5.88 Å². The molecule has 1 atom stereocenters. The molecule has 1 aromatic heterocycles. The maximum atomic E-state index is 13.6. The molecule has 0 radical (unpaired) electrons. The summed E-state index contributed by atoms with van der Waals surface area (Å²) in [6.07, 6.45) is 2.28. The fourth-order valence-electron chi connectivity index (χ4n) is 4.94. The maximum Gasteiger partial charge on any atom is 0.232 e. The number of benzene rings is 3. The van der Waals surface area contributed by atoms with Gasteiger partial charge >= 0.3 is 0 Å². The fraction of sp³-hybridized carbons (Fsp3) is 0.300. The van der Waals surface area contributed by atoms with Gasteiger partial charge in [-0.1, -0.05) is 78.0 Å². The van der Waals surface area contributed by atoms with E-state index in [0.717, 1.165) is 59.8 Å². The second kappa shape index (κ2) is 11.5. The van der Waals surface area contributed by atoms with Gasteiger partial charge in [0.1, 0.15) is 11.5 Å². The Hall–Kier alpha value is -3.48. The first-order valence-corrected chi connectivity index (χ1v) is 12.6. The number of hydrogen-bond acceptors (Lipinski definition) is 5. The number of nitrogens with zero attached hydrogens (tertiary/aromatic N) is 3. The lowest BCUT2D eigenvalue weighted by molar-refractivity contribution is 0.104. The number of aliphatic hydroxyl groups is 1. The molecule has 0 amide bonds. The summed E-state index contributed by atoms with van der Waals surface area (Å²) in [5.41, 5.74) is 4.95. The van der Waals surface area contributed by atoms with Crippen LogP contribution in [0.25, 0.3) is 11.3 Å². The summed E-state index contributed by atoms with van der Waals surface area (Å²) in [4.78, 5) is 4.48. The van der Waals surface area contributed by atoms with Gasteiger partial charge in [-0.3, -0.25) is 4.90 Å². The van der Waals surface area contributed by atoms with Crippen LogP contribution in [0.3, 0.4) is 0 Å². The van der Waals surface area contributed by atoms with E-state index in [1.807, 2.05) is 60.7 Å². The van der Waals surface area contributed by atoms with E-state index in [9.17, 15) is 9.50 Å². The maximum absolute atomic E-state index is 13.6. The van der Waals surface area contributed by atoms with Crippen molar-refractivity contribution in [2.75, 3.05) is 24.5 Å². The van der Waals surface area contributed by atoms with Crippen LogP contribution in [0, 0.1) is 5.82 Å². The molecule has 36 heavy (non-hydrogen) atoms. The quantitative estimate of drug-likeness (QED) is 0.313. The second-order valence-corrected chi connectivity index (χ2v) is 9.51. The van der Waals surface area contributed by atoms with Crippen molar-refractivity contribution in [3.8, 4) is 11.3 Å². The highest BCUT2D eigenvalue weighted by Gasteiger charge is 2.27. The first kappa shape index (κ1) is 24.2. The lowest BCUT2D eigenvalue weighted by atomic mass is 10.0. The van der Waals surface area contributed by atoms with Crippen LogP contribution < -0.4 is 4.90 Å². The molecular formula is C30H32FN3O2. The van der Waals surface area contributed by atoms with Gasteiger partial charge in [0, 0.05) is 38.3 Å². The molecule has 0 bridgehead atoms. The average Bonchev–Trinajstić information content (AvgIpc) is 3.57. The number of aromatic nitrogens is 1. The van der Waals surface area contributed by atoms with Crippen molar-refractivity contribution >= 4 is 5.88 Å². The molecule has 1 aliphatic rings. The van der Waals surface area contributed by atoms with Crippen molar-refractivity contribution in [1.82, 2.24) is 10.1 Å². The van der Waals surface area contributed by atoms with E-state index in [1.165, 1.54) is 12.1 Å². The van der Waals surface area contributed by atoms with Gasteiger partial charge in [-0.05, 0) is 42.5 Å². The molecule has 6 heteroatoms. The molecule has 2 heterocycles. The summed E-state index contributed by atoms with van der Waals surface area (Å²) in [6.45, 7) is 3.49. The third-order valence-corrected chi connectivity index (χ3v) is 6.69. The van der Waals surface area contributed by atoms with E-state index in [4.69, 9.17) is 4.52 Å². The minimum absolute atomic E-state index is 0.254. The Kier molecular flexibility index (Phi) is 7.74. The van der Waals surface area contributed by atoms with Crippen LogP contribution in [0.2, 0.25) is 0 Å². The zero-order valence-electron chi connectivity index (χ0n) is 20.4. The van der Waals surface area contributed by atoms with Gasteiger partial charge in [0.05, 0.1) is 11.7 Å². The Morgan fingerprint density at radius 2 is 1.53 bits per heavy atom. The highest BCUT2D eigenvalue weighted by atomic mass is 19.1. The Balaban J connectivity index is 1.44. The van der Waals surface area contributed by atoms with E-state index < -0.39 is 6.10 Å². The third-order valence-electron chi connectivity index (χ3n) is 6.69. The molecule has 1 fully saturated rings. The summed E-state index contributed by atoms with van der Waals surface area (Å²) in [7, 11) is 0. The van der Waals surface area contributed by atoms with E-state index >= 15 is 0 Å². The van der Waals surface area contributed by atoms with Crippen molar-refractivity contribution in [3.63, 3.8) is 0 Å². The Bertz CT molecular complexity index is 1220. The predicted molar refractivity (Wildman–Crippen MR) is 140 cm³/mol. The smallest absolute Gasteiger partial charge is 0.232 e. The summed E-state index contributed by atoms with van der Waals surface area (Å²) < 4.78 is 19.5. The molecule has 0 spiro atoms. The number of rotatable bonds is 10. The van der Waals surface area contributed by atoms with Crippen LogP contribution in [0.4, 0.5) is 10.3 Å². The lowest BCUT2D eigenvalue weighted by Gasteiger charge is -2.26. The topological polar surface area (TPSA) is 52.7 Å². The molecule has 3 aromatic carbocycles. The largest absolute Gasteiger partial charge is 0.391 e. The summed E-state index contributed by atoms with van der Waals surface area (Å²) in [6, 6.07) is 26.7. The Labute approximate surface area is 211 Å². The predicted octanol–water partition coefficient (Wildman–Crippen LogP) is 5.69. The normalized spacial score (nSPS) is 14.5. The molecule has 5 rings (SSSR count). The SMILES string of the molecule is OC(Cc1ccccc1)CN(Cc1ccc(F)cc1)Cc1c(-c2ccccc2)noc1N1CCCC1. The standard InChI is InChI=1S/C30H32FN3O2/c31-26-15-13-24(14-16-26)20-33(21-27(35)19-23-9-3-1-4-10-23)22-28-29(25-11-5-2-6-12-25)32-36-30(28)34-17-7-8-18-34/h1-6,9-16,27,35H,7-8,17-22H2. The van der Waals surface area contributed by atoms with E-state index in [2.05, 4.69) is 15.0 Å². The molecule has 4 aromatic rings. The lowest BCUT2D eigenvalue weighted by Crippen LogP contribution is -2.33. The molecule has 1 unspecified atom stereocenters. The first-order chi connectivity index (χ1) is 17.7. The van der Waals surface area contributed by atoms with Crippen molar-refractivity contribution in [3.05, 3.63) is 107 Å². The van der Waals surface area contributed by atoms with E-state index in [1.54, 1.807) is 12.1 Å². The molecule has 5 nitrogen and oxygen atoms in total. The molecule has 186 valence electrons. The summed E-state index contributed by atoms with van der Waals surface area (Å²) >= 11 is 0. The van der Waals surface area contributed by atoms with Gasteiger partial charge < -0.3 is 14.5 Å². The van der Waals surface area contributed by atoms with Gasteiger partial charge in [-0.2, -0.15) is 0 Å². The summed E-state index contributed by atoms with van der Waals surface area (Å²) in [5.74, 6) is 0.559. The molecule has 1 saturated heterocycles. The number of hydrogen-bond donors (Lipinski definition) is 1. The van der Waals surface area contributed by atoms with Crippen molar-refractivity contribution < 1.29 is 14.0 Å². The van der Waals surface area contributed by atoms with Crippen LogP contribution in [-0.4, -0.2) is 40.9 Å². The number of anilines is 1. The number of aliphatic hydroxyl groups excluding tert-OH is 1. The minimum Gasteiger partial charge on any atom is -0.391 e. The van der Waals surface area contributed by atoms with Crippen LogP contribution in [0.15, 0.2) is 89.5 Å². The van der Waals surface area contributed by atoms with Gasteiger partial charge in [-0.25, -0.2) is 4.39 Å². The molecule has 1 N–H and O–H groups in total. The van der Waals surface area contributed by atoms with Crippen molar-refractivity contribution in [2.24, 2.45) is 0 Å². The fourth-order valence-corrected chi connectivity index (χ4v) is 4.94. The van der Waals surface area contributed by atoms with Gasteiger partial charge in [-0.15, -0.1) is 0 Å². The van der Waals surface area contributed by atoms with Crippen molar-refractivity contribution in [2.45, 2.75) is 38.5 Å². The monoisotopic (exact) mass is 485 g/mol. The van der Waals surface area contributed by atoms with Crippen molar-refractivity contribution in [1.29, 1.82) is 0 Å². The first-order valence-electron chi connectivity index (χ1n) is 12.6. The zero-order chi connectivity index (χ0) is 24.7. The molecule has 0 aliphatic carbocycles. The average molecular weight is 486 g/mol. The van der Waals surface area contributed by atoms with E-state index in [0.29, 0.717) is 26.1 Å². The van der Waals surface area contributed by atoms with Crippen LogP contribution >= 0.6 is 0 Å². The Morgan fingerprint density at radius 1 is 0.861 bits per heavy atom. The minimum atomic E-state index is -0.553. The van der Waals surface area contributed by atoms with Gasteiger partial charge in [0.15, 0.2) is 0 Å². The third kappa shape index (κ3) is 6.01. The van der Waals surface area contributed by atoms with Gasteiger partial charge in [0.25, 0.3) is 0 Å². The summed E-state index contributed by atoms with van der Waals surface area (Å²) in [5, 5.41) is 15.5. The van der Waals surface area contributed by atoms with Crippen LogP contribution in [0.1, 0.15) is 29.5 Å². The highest BCUT2D eigenvalue weighted by molar-refractivity contribution is 5.68. The second-order valence-electron chi connectivity index (χ2n) is 9.51. The Morgan fingerprint density at radius 3 is 2.22 bits per heavy atom. The zero-order valence-corrected chi connectivity index (χ0v) is 20.4. The van der Waals surface area contributed by atoms with Crippen LogP contribution in [-0.2, 0) is 19.5 Å². The molecule has 0 saturated carbocycles. The highest BCUT2D eigenvalue weighted by Crippen LogP contribution is 2.34. The number of halogens is 1.